The van der Waals surface area contributed by atoms with Gasteiger partial charge in [-0.3, -0.25) is 0 Å². The molecule has 0 rings (SSSR count). The Balaban J connectivity index is 4.67. The molecule has 6 heteroatoms. The zero-order valence-corrected chi connectivity index (χ0v) is 14.2. The second-order valence-electron chi connectivity index (χ2n) is 6.32. The van der Waals surface area contributed by atoms with E-state index < -0.39 is 23.8 Å². The molecule has 0 aromatic heterocycles. The van der Waals surface area contributed by atoms with Gasteiger partial charge in [-0.2, -0.15) is 0 Å². The van der Waals surface area contributed by atoms with Crippen molar-refractivity contribution in [1.82, 2.24) is 5.32 Å². The summed E-state index contributed by atoms with van der Waals surface area (Å²) < 4.78 is 10.6. The number of ether oxygens (including phenoxy) is 2. The number of aliphatic carboxylic acids is 1. The van der Waals surface area contributed by atoms with Crippen LogP contribution in [-0.2, 0) is 14.3 Å². The van der Waals surface area contributed by atoms with E-state index in [2.05, 4.69) is 11.9 Å². The molecule has 0 aromatic rings. The van der Waals surface area contributed by atoms with Crippen LogP contribution >= 0.6 is 0 Å². The van der Waals surface area contributed by atoms with E-state index >= 15 is 0 Å². The molecule has 6 nitrogen and oxygen atoms in total. The van der Waals surface area contributed by atoms with Crippen molar-refractivity contribution in [2.75, 3.05) is 6.61 Å². The Hall–Kier alpha value is -1.56. The van der Waals surface area contributed by atoms with Gasteiger partial charge in [0.15, 0.2) is 6.10 Å². The molecule has 1 amide bonds. The Kier molecular flexibility index (Phi) is 8.79. The third-order valence-electron chi connectivity index (χ3n) is 3.17. The smallest absolute Gasteiger partial charge is 0.407 e. The number of alkyl carbamates (subject to hydrolysis) is 1. The first kappa shape index (κ1) is 20.4. The van der Waals surface area contributed by atoms with Crippen LogP contribution in [0.15, 0.2) is 12.7 Å². The van der Waals surface area contributed by atoms with Crippen molar-refractivity contribution < 1.29 is 24.2 Å². The van der Waals surface area contributed by atoms with Gasteiger partial charge in [0.05, 0.1) is 12.6 Å². The predicted octanol–water partition coefficient (Wildman–Crippen LogP) is 2.97. The molecule has 0 fully saturated rings. The number of hydrogen-bond acceptors (Lipinski definition) is 4. The maximum atomic E-state index is 11.9. The van der Waals surface area contributed by atoms with Crippen molar-refractivity contribution in [2.45, 2.75) is 65.2 Å². The lowest BCUT2D eigenvalue weighted by Gasteiger charge is -2.27. The second-order valence-corrected chi connectivity index (χ2v) is 6.32. The van der Waals surface area contributed by atoms with Gasteiger partial charge in [-0.15, -0.1) is 6.58 Å². The number of nitrogens with one attached hydrogen (secondary N) is 1. The fourth-order valence-corrected chi connectivity index (χ4v) is 1.70. The Labute approximate surface area is 132 Å². The van der Waals surface area contributed by atoms with Gasteiger partial charge in [-0.05, 0) is 26.7 Å². The SMILES string of the molecule is C=CC[C@H](OCC(NC(=O)OC(C)(C)C)[C@@H](C)CC)C(=O)O. The first-order valence-corrected chi connectivity index (χ1v) is 7.55. The average molecular weight is 315 g/mol. The van der Waals surface area contributed by atoms with Crippen LogP contribution in [0.5, 0.6) is 0 Å². The van der Waals surface area contributed by atoms with Gasteiger partial charge in [0.1, 0.15) is 5.60 Å². The summed E-state index contributed by atoms with van der Waals surface area (Å²) >= 11 is 0. The molecule has 3 atom stereocenters. The molecule has 0 spiro atoms. The molecule has 0 saturated carbocycles. The average Bonchev–Trinajstić information content (AvgIpc) is 2.38. The van der Waals surface area contributed by atoms with Crippen LogP contribution in [0, 0.1) is 5.92 Å². The maximum Gasteiger partial charge on any atom is 0.407 e. The summed E-state index contributed by atoms with van der Waals surface area (Å²) in [6, 6.07) is -0.313. The summed E-state index contributed by atoms with van der Waals surface area (Å²) in [5.74, 6) is -0.911. The summed E-state index contributed by atoms with van der Waals surface area (Å²) in [5.41, 5.74) is -0.586. The van der Waals surface area contributed by atoms with Crippen molar-refractivity contribution in [3.05, 3.63) is 12.7 Å². The zero-order valence-electron chi connectivity index (χ0n) is 14.2. The number of carbonyl (C=O) groups is 2. The molecular weight excluding hydrogens is 286 g/mol. The molecule has 0 heterocycles. The number of carboxylic acids is 1. The molecule has 0 radical (unpaired) electrons. The highest BCUT2D eigenvalue weighted by atomic mass is 16.6. The van der Waals surface area contributed by atoms with E-state index in [1.807, 2.05) is 13.8 Å². The Morgan fingerprint density at radius 1 is 1.36 bits per heavy atom. The standard InChI is InChI=1S/C16H29NO5/c1-7-9-13(14(18)19)21-10-12(11(3)8-2)17-15(20)22-16(4,5)6/h7,11-13H,1,8-10H2,2-6H3,(H,17,20)(H,18,19)/t11-,12?,13-/m0/s1. The van der Waals surface area contributed by atoms with Crippen LogP contribution < -0.4 is 5.32 Å². The largest absolute Gasteiger partial charge is 0.479 e. The van der Waals surface area contributed by atoms with Crippen molar-refractivity contribution >= 4 is 12.1 Å². The molecule has 0 bridgehead atoms. The van der Waals surface area contributed by atoms with Crippen molar-refractivity contribution in [3.8, 4) is 0 Å². The van der Waals surface area contributed by atoms with E-state index in [0.29, 0.717) is 0 Å². The topological polar surface area (TPSA) is 84.9 Å². The van der Waals surface area contributed by atoms with Gasteiger partial charge in [-0.25, -0.2) is 9.59 Å². The van der Waals surface area contributed by atoms with E-state index in [9.17, 15) is 9.59 Å². The van der Waals surface area contributed by atoms with Crippen molar-refractivity contribution in [3.63, 3.8) is 0 Å². The van der Waals surface area contributed by atoms with Crippen LogP contribution in [0.1, 0.15) is 47.5 Å². The van der Waals surface area contributed by atoms with Crippen LogP contribution in [0.2, 0.25) is 0 Å². The number of rotatable bonds is 9. The van der Waals surface area contributed by atoms with Crippen LogP contribution in [0.3, 0.4) is 0 Å². The fourth-order valence-electron chi connectivity index (χ4n) is 1.70. The predicted molar refractivity (Wildman–Crippen MR) is 84.8 cm³/mol. The minimum atomic E-state index is -1.04. The highest BCUT2D eigenvalue weighted by Crippen LogP contribution is 2.13. The molecule has 0 aliphatic carbocycles. The molecule has 22 heavy (non-hydrogen) atoms. The van der Waals surface area contributed by atoms with Crippen LogP contribution in [-0.4, -0.2) is 41.5 Å². The highest BCUT2D eigenvalue weighted by molar-refractivity contribution is 5.72. The van der Waals surface area contributed by atoms with Gasteiger partial charge in [0.25, 0.3) is 0 Å². The molecule has 0 aliphatic heterocycles. The van der Waals surface area contributed by atoms with Crippen LogP contribution in [0.25, 0.3) is 0 Å². The summed E-state index contributed by atoms with van der Waals surface area (Å²) in [6.07, 6.45) is 1.05. The summed E-state index contributed by atoms with van der Waals surface area (Å²) in [7, 11) is 0. The number of carboxylic acid groups (broad SMARTS) is 1. The maximum absolute atomic E-state index is 11.9. The van der Waals surface area contributed by atoms with E-state index in [1.165, 1.54) is 6.08 Å². The van der Waals surface area contributed by atoms with Crippen molar-refractivity contribution in [1.29, 1.82) is 0 Å². The zero-order chi connectivity index (χ0) is 17.3. The summed E-state index contributed by atoms with van der Waals surface area (Å²) in [4.78, 5) is 22.9. The molecule has 1 unspecified atom stereocenters. The number of hydrogen-bond donors (Lipinski definition) is 2. The third kappa shape index (κ3) is 8.67. The normalized spacial score (nSPS) is 15.5. The second kappa shape index (κ2) is 9.46. The monoisotopic (exact) mass is 315 g/mol. The first-order valence-electron chi connectivity index (χ1n) is 7.55. The molecule has 0 aliphatic rings. The van der Waals surface area contributed by atoms with Gasteiger partial charge in [0, 0.05) is 6.42 Å². The van der Waals surface area contributed by atoms with E-state index in [-0.39, 0.29) is 25.0 Å². The Morgan fingerprint density at radius 2 is 1.95 bits per heavy atom. The lowest BCUT2D eigenvalue weighted by Crippen LogP contribution is -2.46. The lowest BCUT2D eigenvalue weighted by molar-refractivity contribution is -0.150. The summed E-state index contributed by atoms with van der Waals surface area (Å²) in [6.45, 7) is 12.9. The quantitative estimate of drug-likeness (QED) is 0.639. The molecular formula is C16H29NO5. The lowest BCUT2D eigenvalue weighted by atomic mass is 10.00. The van der Waals surface area contributed by atoms with E-state index in [4.69, 9.17) is 14.6 Å². The van der Waals surface area contributed by atoms with Gasteiger partial charge >= 0.3 is 12.1 Å². The number of amides is 1. The van der Waals surface area contributed by atoms with Gasteiger partial charge in [0.2, 0.25) is 0 Å². The van der Waals surface area contributed by atoms with E-state index in [0.717, 1.165) is 6.42 Å². The molecule has 0 saturated heterocycles. The van der Waals surface area contributed by atoms with E-state index in [1.54, 1.807) is 20.8 Å². The Morgan fingerprint density at radius 3 is 2.36 bits per heavy atom. The minimum Gasteiger partial charge on any atom is -0.479 e. The molecule has 0 aromatic carbocycles. The minimum absolute atomic E-state index is 0.110. The van der Waals surface area contributed by atoms with Crippen molar-refractivity contribution in [2.24, 2.45) is 5.92 Å². The highest BCUT2D eigenvalue weighted by Gasteiger charge is 2.25. The Bertz CT molecular complexity index is 375. The number of carbonyl (C=O) groups excluding carboxylic acids is 1. The van der Waals surface area contributed by atoms with Gasteiger partial charge < -0.3 is 19.9 Å². The van der Waals surface area contributed by atoms with Crippen LogP contribution in [0.4, 0.5) is 4.79 Å². The molecule has 128 valence electrons. The molecule has 2 N–H and O–H groups in total. The fraction of sp³-hybridized carbons (Fsp3) is 0.750. The first-order chi connectivity index (χ1) is 10.1. The third-order valence-corrected chi connectivity index (χ3v) is 3.17. The summed E-state index contributed by atoms with van der Waals surface area (Å²) in [5, 5.41) is 11.8. The van der Waals surface area contributed by atoms with Gasteiger partial charge in [-0.1, -0.05) is 26.3 Å².